The minimum atomic E-state index is -1.02. The molecule has 0 saturated heterocycles. The second-order valence-corrected chi connectivity index (χ2v) is 4.32. The Hall–Kier alpha value is -2.76. The first-order valence-electron chi connectivity index (χ1n) is 5.95. The highest BCUT2D eigenvalue weighted by Gasteiger charge is 2.10. The fourth-order valence-corrected chi connectivity index (χ4v) is 1.95. The van der Waals surface area contributed by atoms with Crippen LogP contribution in [0.15, 0.2) is 42.6 Å². The molecule has 0 unspecified atom stereocenters. The van der Waals surface area contributed by atoms with E-state index >= 15 is 0 Å². The second-order valence-electron chi connectivity index (χ2n) is 4.32. The molecule has 0 spiro atoms. The van der Waals surface area contributed by atoms with Gasteiger partial charge in [0.05, 0.1) is 5.56 Å². The molecular formula is C14H10FN3O2. The first-order chi connectivity index (χ1) is 9.63. The Kier molecular flexibility index (Phi) is 2.90. The molecule has 0 aliphatic heterocycles. The van der Waals surface area contributed by atoms with Crippen molar-refractivity contribution in [1.82, 2.24) is 14.6 Å². The number of fused-ring (bicyclic) bond motifs is 1. The molecule has 20 heavy (non-hydrogen) atoms. The van der Waals surface area contributed by atoms with Crippen LogP contribution in [0.2, 0.25) is 0 Å². The van der Waals surface area contributed by atoms with Crippen LogP contribution >= 0.6 is 0 Å². The zero-order valence-electron chi connectivity index (χ0n) is 10.3. The Morgan fingerprint density at radius 1 is 1.30 bits per heavy atom. The summed E-state index contributed by atoms with van der Waals surface area (Å²) in [6.45, 7) is 0. The highest BCUT2D eigenvalue weighted by atomic mass is 19.1. The molecule has 1 aromatic carbocycles. The maximum atomic E-state index is 13.6. The maximum Gasteiger partial charge on any atom is 0.335 e. The van der Waals surface area contributed by atoms with Gasteiger partial charge in [0.2, 0.25) is 0 Å². The summed E-state index contributed by atoms with van der Waals surface area (Å²) in [5.41, 5.74) is 1.07. The number of hydrogen-bond donors (Lipinski definition) is 1. The molecule has 0 fully saturated rings. The molecule has 2 aromatic heterocycles. The van der Waals surface area contributed by atoms with Crippen LogP contribution in [0.1, 0.15) is 21.7 Å². The van der Waals surface area contributed by atoms with Crippen LogP contribution in [0.25, 0.3) is 5.65 Å². The van der Waals surface area contributed by atoms with Gasteiger partial charge in [0.25, 0.3) is 0 Å². The average Bonchev–Trinajstić information content (AvgIpc) is 2.82. The van der Waals surface area contributed by atoms with Gasteiger partial charge in [-0.1, -0.05) is 18.2 Å². The van der Waals surface area contributed by atoms with Crippen molar-refractivity contribution in [1.29, 1.82) is 0 Å². The van der Waals surface area contributed by atoms with Gasteiger partial charge in [-0.15, -0.1) is 0 Å². The largest absolute Gasteiger partial charge is 0.478 e. The lowest BCUT2D eigenvalue weighted by Gasteiger charge is -1.97. The summed E-state index contributed by atoms with van der Waals surface area (Å²) in [7, 11) is 0. The van der Waals surface area contributed by atoms with E-state index in [1.54, 1.807) is 18.2 Å². The van der Waals surface area contributed by atoms with Gasteiger partial charge in [0, 0.05) is 12.6 Å². The van der Waals surface area contributed by atoms with E-state index < -0.39 is 5.97 Å². The Labute approximate surface area is 113 Å². The number of halogens is 1. The average molecular weight is 271 g/mol. The minimum Gasteiger partial charge on any atom is -0.478 e. The molecule has 6 heteroatoms. The summed E-state index contributed by atoms with van der Waals surface area (Å²) in [6.07, 6.45) is 1.79. The topological polar surface area (TPSA) is 67.5 Å². The number of aromatic nitrogens is 3. The normalized spacial score (nSPS) is 10.8. The molecule has 0 atom stereocenters. The SMILES string of the molecule is O=C(O)c1ccn2nc(Cc3ccccc3F)nc2c1. The lowest BCUT2D eigenvalue weighted by Crippen LogP contribution is -1.98. The van der Waals surface area contributed by atoms with E-state index in [2.05, 4.69) is 10.1 Å². The third kappa shape index (κ3) is 2.23. The standard InChI is InChI=1S/C14H10FN3O2/c15-11-4-2-1-3-9(11)7-12-16-13-8-10(14(19)20)5-6-18(13)17-12/h1-6,8H,7H2,(H,19,20). The van der Waals surface area contributed by atoms with Gasteiger partial charge in [-0.25, -0.2) is 18.7 Å². The monoisotopic (exact) mass is 271 g/mol. The van der Waals surface area contributed by atoms with Crippen LogP contribution in [0.5, 0.6) is 0 Å². The summed E-state index contributed by atoms with van der Waals surface area (Å²) < 4.78 is 15.0. The maximum absolute atomic E-state index is 13.6. The van der Waals surface area contributed by atoms with Gasteiger partial charge in [-0.05, 0) is 23.8 Å². The first kappa shape index (κ1) is 12.3. The molecule has 0 aliphatic rings. The molecular weight excluding hydrogens is 261 g/mol. The van der Waals surface area contributed by atoms with Crippen LogP contribution in [0.4, 0.5) is 4.39 Å². The van der Waals surface area contributed by atoms with E-state index in [1.165, 1.54) is 28.9 Å². The molecule has 0 amide bonds. The van der Waals surface area contributed by atoms with Crippen molar-refractivity contribution < 1.29 is 14.3 Å². The number of pyridine rings is 1. The highest BCUT2D eigenvalue weighted by Crippen LogP contribution is 2.12. The van der Waals surface area contributed by atoms with Crippen LogP contribution in [-0.4, -0.2) is 25.7 Å². The van der Waals surface area contributed by atoms with Crippen LogP contribution in [0.3, 0.4) is 0 Å². The highest BCUT2D eigenvalue weighted by molar-refractivity contribution is 5.88. The summed E-state index contributed by atoms with van der Waals surface area (Å²) in [4.78, 5) is 15.1. The van der Waals surface area contributed by atoms with Crippen molar-refractivity contribution in [2.75, 3.05) is 0 Å². The number of nitrogens with zero attached hydrogens (tertiary/aromatic N) is 3. The van der Waals surface area contributed by atoms with Crippen molar-refractivity contribution >= 4 is 11.6 Å². The van der Waals surface area contributed by atoms with Crippen LogP contribution < -0.4 is 0 Å². The molecule has 2 heterocycles. The van der Waals surface area contributed by atoms with Crippen molar-refractivity contribution in [3.63, 3.8) is 0 Å². The van der Waals surface area contributed by atoms with Gasteiger partial charge >= 0.3 is 5.97 Å². The molecule has 1 N–H and O–H groups in total. The molecule has 0 aliphatic carbocycles. The number of carbonyl (C=O) groups is 1. The zero-order valence-corrected chi connectivity index (χ0v) is 10.3. The van der Waals surface area contributed by atoms with Crippen molar-refractivity contribution in [3.8, 4) is 0 Å². The second kappa shape index (κ2) is 4.73. The number of benzene rings is 1. The van der Waals surface area contributed by atoms with Gasteiger partial charge in [-0.3, -0.25) is 0 Å². The molecule has 3 rings (SSSR count). The van der Waals surface area contributed by atoms with Crippen LogP contribution in [-0.2, 0) is 6.42 Å². The van der Waals surface area contributed by atoms with Crippen molar-refractivity contribution in [3.05, 3.63) is 65.4 Å². The Morgan fingerprint density at radius 3 is 2.85 bits per heavy atom. The van der Waals surface area contributed by atoms with E-state index in [0.29, 0.717) is 17.0 Å². The minimum absolute atomic E-state index is 0.141. The number of carboxylic acid groups (broad SMARTS) is 1. The summed E-state index contributed by atoms with van der Waals surface area (Å²) >= 11 is 0. The number of rotatable bonds is 3. The number of aromatic carboxylic acids is 1. The van der Waals surface area contributed by atoms with E-state index in [0.717, 1.165) is 0 Å². The predicted octanol–water partition coefficient (Wildman–Crippen LogP) is 2.16. The van der Waals surface area contributed by atoms with E-state index in [-0.39, 0.29) is 17.8 Å². The van der Waals surface area contributed by atoms with Gasteiger partial charge in [0.15, 0.2) is 11.5 Å². The molecule has 0 bridgehead atoms. The predicted molar refractivity (Wildman–Crippen MR) is 69.2 cm³/mol. The molecule has 0 saturated carbocycles. The third-order valence-corrected chi connectivity index (χ3v) is 2.93. The summed E-state index contributed by atoms with van der Waals surface area (Å²) in [6, 6.07) is 9.29. The first-order valence-corrected chi connectivity index (χ1v) is 5.95. The third-order valence-electron chi connectivity index (χ3n) is 2.93. The Bertz CT molecular complexity index is 798. The van der Waals surface area contributed by atoms with Gasteiger partial charge < -0.3 is 5.11 Å². The molecule has 100 valence electrons. The fraction of sp³-hybridized carbons (Fsp3) is 0.0714. The lowest BCUT2D eigenvalue weighted by molar-refractivity contribution is 0.0697. The number of carboxylic acids is 1. The number of hydrogen-bond acceptors (Lipinski definition) is 3. The van der Waals surface area contributed by atoms with Crippen LogP contribution in [0, 0.1) is 5.82 Å². The summed E-state index contributed by atoms with van der Waals surface area (Å²) in [5.74, 6) is -0.888. The van der Waals surface area contributed by atoms with E-state index in [4.69, 9.17) is 5.11 Å². The smallest absolute Gasteiger partial charge is 0.335 e. The molecule has 5 nitrogen and oxygen atoms in total. The Morgan fingerprint density at radius 2 is 2.10 bits per heavy atom. The summed E-state index contributed by atoms with van der Waals surface area (Å²) in [5, 5.41) is 13.1. The molecule has 0 radical (unpaired) electrons. The van der Waals surface area contributed by atoms with E-state index in [1.807, 2.05) is 0 Å². The quantitative estimate of drug-likeness (QED) is 0.792. The van der Waals surface area contributed by atoms with Crippen molar-refractivity contribution in [2.24, 2.45) is 0 Å². The molecule has 3 aromatic rings. The van der Waals surface area contributed by atoms with E-state index in [9.17, 15) is 9.18 Å². The van der Waals surface area contributed by atoms with Gasteiger partial charge in [0.1, 0.15) is 5.82 Å². The van der Waals surface area contributed by atoms with Gasteiger partial charge in [-0.2, -0.15) is 5.10 Å². The lowest BCUT2D eigenvalue weighted by atomic mass is 10.1. The van der Waals surface area contributed by atoms with Crippen molar-refractivity contribution in [2.45, 2.75) is 6.42 Å². The fourth-order valence-electron chi connectivity index (χ4n) is 1.95. The zero-order chi connectivity index (χ0) is 14.1. The Balaban J connectivity index is 1.97.